The first-order valence-corrected chi connectivity index (χ1v) is 8.80. The number of hydrogen-bond acceptors (Lipinski definition) is 4. The molecule has 1 heterocycles. The summed E-state index contributed by atoms with van der Waals surface area (Å²) in [4.78, 5) is 13.0. The molecule has 1 atom stereocenters. The first kappa shape index (κ1) is 17.0. The van der Waals surface area contributed by atoms with Crippen LogP contribution in [0.2, 0.25) is 0 Å². The summed E-state index contributed by atoms with van der Waals surface area (Å²) < 4.78 is 7.85. The fourth-order valence-electron chi connectivity index (χ4n) is 3.06. The van der Waals surface area contributed by atoms with Crippen LogP contribution in [0.15, 0.2) is 72.8 Å². The fraction of sp³-hybridized carbons (Fsp3) is 0.136. The van der Waals surface area contributed by atoms with Crippen LogP contribution in [-0.2, 0) is 0 Å². The molecule has 4 aromatic rings. The summed E-state index contributed by atoms with van der Waals surface area (Å²) >= 11 is 0. The lowest BCUT2D eigenvalue weighted by Crippen LogP contribution is -2.16. The van der Waals surface area contributed by atoms with Gasteiger partial charge in [-0.25, -0.2) is 4.68 Å². The van der Waals surface area contributed by atoms with Gasteiger partial charge in [0, 0.05) is 5.56 Å². The maximum atomic E-state index is 13.0. The number of carbonyl (C=O) groups is 1. The zero-order valence-corrected chi connectivity index (χ0v) is 15.2. The topological polar surface area (TPSA) is 57.0 Å². The van der Waals surface area contributed by atoms with Gasteiger partial charge in [0.2, 0.25) is 0 Å². The Kier molecular flexibility index (Phi) is 4.42. The van der Waals surface area contributed by atoms with Crippen LogP contribution in [0.1, 0.15) is 34.6 Å². The Balaban J connectivity index is 1.69. The molecule has 3 aromatic carbocycles. The van der Waals surface area contributed by atoms with E-state index in [1.165, 1.54) is 0 Å². The van der Waals surface area contributed by atoms with Gasteiger partial charge in [0.25, 0.3) is 0 Å². The Hall–Kier alpha value is -3.47. The Morgan fingerprint density at radius 3 is 2.56 bits per heavy atom. The highest BCUT2D eigenvalue weighted by Gasteiger charge is 2.18. The molecule has 4 rings (SSSR count). The number of aromatic nitrogens is 3. The third-order valence-electron chi connectivity index (χ3n) is 4.43. The lowest BCUT2D eigenvalue weighted by molar-refractivity contribution is 0.102. The third-order valence-corrected chi connectivity index (χ3v) is 4.43. The van der Waals surface area contributed by atoms with Crippen LogP contribution >= 0.6 is 0 Å². The molecular weight excluding hydrogens is 338 g/mol. The van der Waals surface area contributed by atoms with Crippen molar-refractivity contribution < 1.29 is 9.53 Å². The minimum atomic E-state index is -0.414. The molecule has 0 aliphatic rings. The van der Waals surface area contributed by atoms with Gasteiger partial charge in [0.1, 0.15) is 11.3 Å². The van der Waals surface area contributed by atoms with E-state index in [4.69, 9.17) is 4.74 Å². The smallest absolute Gasteiger partial charge is 0.196 e. The predicted molar refractivity (Wildman–Crippen MR) is 104 cm³/mol. The second-order valence-corrected chi connectivity index (χ2v) is 6.43. The van der Waals surface area contributed by atoms with Gasteiger partial charge >= 0.3 is 0 Å². The first-order valence-electron chi connectivity index (χ1n) is 8.80. The van der Waals surface area contributed by atoms with Crippen molar-refractivity contribution in [1.29, 1.82) is 0 Å². The quantitative estimate of drug-likeness (QED) is 0.491. The molecule has 5 nitrogen and oxygen atoms in total. The summed E-state index contributed by atoms with van der Waals surface area (Å²) in [5.41, 5.74) is 3.86. The molecule has 0 radical (unpaired) electrons. The molecule has 27 heavy (non-hydrogen) atoms. The molecule has 0 saturated heterocycles. The van der Waals surface area contributed by atoms with Gasteiger partial charge in [0.05, 0.1) is 11.1 Å². The van der Waals surface area contributed by atoms with E-state index in [1.54, 1.807) is 4.68 Å². The standard InChI is InChI=1S/C22H19N3O2/c1-15-12-13-21(18(14-15)22(26)17-8-4-3-5-9-17)27-16(2)25-20-11-7-6-10-19(20)23-24-25/h3-14,16H,1-2H3. The second kappa shape index (κ2) is 7.03. The van der Waals surface area contributed by atoms with Crippen molar-refractivity contribution >= 4 is 16.8 Å². The van der Waals surface area contributed by atoms with Crippen molar-refractivity contribution in [3.63, 3.8) is 0 Å². The number of ketones is 1. The highest BCUT2D eigenvalue weighted by molar-refractivity contribution is 6.10. The molecule has 0 amide bonds. The summed E-state index contributed by atoms with van der Waals surface area (Å²) in [6.45, 7) is 3.84. The van der Waals surface area contributed by atoms with Crippen LogP contribution in [0.4, 0.5) is 0 Å². The van der Waals surface area contributed by atoms with Gasteiger partial charge in [-0.2, -0.15) is 0 Å². The SMILES string of the molecule is Cc1ccc(OC(C)n2nnc3ccccc32)c(C(=O)c2ccccc2)c1. The van der Waals surface area contributed by atoms with Crippen molar-refractivity contribution in [2.24, 2.45) is 0 Å². The van der Waals surface area contributed by atoms with Crippen LogP contribution in [0.3, 0.4) is 0 Å². The summed E-state index contributed by atoms with van der Waals surface area (Å²) in [5.74, 6) is 0.464. The zero-order valence-electron chi connectivity index (χ0n) is 15.2. The molecule has 0 bridgehead atoms. The molecular formula is C22H19N3O2. The van der Waals surface area contributed by atoms with E-state index >= 15 is 0 Å². The largest absolute Gasteiger partial charge is 0.468 e. The van der Waals surface area contributed by atoms with Crippen molar-refractivity contribution in [1.82, 2.24) is 15.0 Å². The van der Waals surface area contributed by atoms with E-state index in [-0.39, 0.29) is 5.78 Å². The first-order chi connectivity index (χ1) is 13.1. The van der Waals surface area contributed by atoms with Gasteiger partial charge in [-0.15, -0.1) is 5.10 Å². The van der Waals surface area contributed by atoms with Crippen LogP contribution in [0, 0.1) is 6.92 Å². The third kappa shape index (κ3) is 3.31. The lowest BCUT2D eigenvalue weighted by atomic mass is 10.0. The number of nitrogens with zero attached hydrogens (tertiary/aromatic N) is 3. The average Bonchev–Trinajstić information content (AvgIpc) is 3.14. The molecule has 0 N–H and O–H groups in total. The van der Waals surface area contributed by atoms with Gasteiger partial charge in [-0.3, -0.25) is 4.79 Å². The zero-order chi connectivity index (χ0) is 18.8. The molecule has 0 saturated carbocycles. The number of aryl methyl sites for hydroxylation is 1. The number of ether oxygens (including phenoxy) is 1. The molecule has 0 aliphatic carbocycles. The van der Waals surface area contributed by atoms with Crippen LogP contribution in [0.25, 0.3) is 11.0 Å². The second-order valence-electron chi connectivity index (χ2n) is 6.43. The van der Waals surface area contributed by atoms with Gasteiger partial charge in [0.15, 0.2) is 12.0 Å². The molecule has 5 heteroatoms. The Labute approximate surface area is 157 Å². The minimum Gasteiger partial charge on any atom is -0.468 e. The van der Waals surface area contributed by atoms with E-state index in [1.807, 2.05) is 86.6 Å². The summed E-state index contributed by atoms with van der Waals surface area (Å²) in [5, 5.41) is 8.36. The minimum absolute atomic E-state index is 0.0649. The maximum absolute atomic E-state index is 13.0. The van der Waals surface area contributed by atoms with Crippen molar-refractivity contribution in [3.8, 4) is 5.75 Å². The van der Waals surface area contributed by atoms with Crippen molar-refractivity contribution in [2.75, 3.05) is 0 Å². The number of carbonyl (C=O) groups excluding carboxylic acids is 1. The van der Waals surface area contributed by atoms with Gasteiger partial charge in [-0.1, -0.05) is 59.3 Å². The predicted octanol–water partition coefficient (Wildman–Crippen LogP) is 4.57. The summed E-state index contributed by atoms with van der Waals surface area (Å²) in [6, 6.07) is 22.5. The van der Waals surface area contributed by atoms with E-state index in [9.17, 15) is 4.79 Å². The van der Waals surface area contributed by atoms with Crippen LogP contribution in [-0.4, -0.2) is 20.8 Å². The van der Waals surface area contributed by atoms with Crippen LogP contribution < -0.4 is 4.74 Å². The Morgan fingerprint density at radius 2 is 1.74 bits per heavy atom. The molecule has 134 valence electrons. The van der Waals surface area contributed by atoms with E-state index in [2.05, 4.69) is 10.3 Å². The van der Waals surface area contributed by atoms with E-state index in [0.717, 1.165) is 16.6 Å². The Morgan fingerprint density at radius 1 is 1.00 bits per heavy atom. The van der Waals surface area contributed by atoms with E-state index < -0.39 is 6.23 Å². The number of benzene rings is 3. The summed E-state index contributed by atoms with van der Waals surface area (Å²) in [7, 11) is 0. The van der Waals surface area contributed by atoms with Gasteiger partial charge in [-0.05, 0) is 38.1 Å². The average molecular weight is 357 g/mol. The number of fused-ring (bicyclic) bond motifs is 1. The molecule has 1 unspecified atom stereocenters. The van der Waals surface area contributed by atoms with Crippen LogP contribution in [0.5, 0.6) is 5.75 Å². The Bertz CT molecular complexity index is 1100. The van der Waals surface area contributed by atoms with Crippen molar-refractivity contribution in [3.05, 3.63) is 89.5 Å². The monoisotopic (exact) mass is 357 g/mol. The maximum Gasteiger partial charge on any atom is 0.196 e. The summed E-state index contributed by atoms with van der Waals surface area (Å²) in [6.07, 6.45) is -0.414. The van der Waals surface area contributed by atoms with E-state index in [0.29, 0.717) is 16.9 Å². The lowest BCUT2D eigenvalue weighted by Gasteiger charge is -2.18. The highest BCUT2D eigenvalue weighted by Crippen LogP contribution is 2.27. The molecule has 0 fully saturated rings. The molecule has 1 aromatic heterocycles. The number of para-hydroxylation sites is 1. The number of rotatable bonds is 5. The molecule has 0 spiro atoms. The number of hydrogen-bond donors (Lipinski definition) is 0. The van der Waals surface area contributed by atoms with Gasteiger partial charge < -0.3 is 4.74 Å². The highest BCUT2D eigenvalue weighted by atomic mass is 16.5. The normalized spacial score (nSPS) is 12.1. The molecule has 0 aliphatic heterocycles. The fourth-order valence-corrected chi connectivity index (χ4v) is 3.06. The van der Waals surface area contributed by atoms with Crippen molar-refractivity contribution in [2.45, 2.75) is 20.1 Å².